The number of hydrogen-bond acceptors (Lipinski definition) is 7. The van der Waals surface area contributed by atoms with Crippen LogP contribution >= 0.6 is 11.9 Å². The predicted octanol–water partition coefficient (Wildman–Crippen LogP) is 5.55. The summed E-state index contributed by atoms with van der Waals surface area (Å²) < 4.78 is 22.0. The van der Waals surface area contributed by atoms with E-state index in [0.717, 1.165) is 18.6 Å². The average molecular weight is 451 g/mol. The second-order valence-corrected chi connectivity index (χ2v) is 8.11. The molecule has 0 atom stereocenters. The van der Waals surface area contributed by atoms with Gasteiger partial charge in [0.25, 0.3) is 0 Å². The second-order valence-electron chi connectivity index (χ2n) is 7.21. The molecule has 2 aromatic carbocycles. The molecule has 8 heteroatoms. The molecule has 7 nitrogen and oxygen atoms in total. The number of ether oxygens (including phenoxy) is 2. The standard InChI is InChI=1S/C24H26N4O3S/c1-17-11-13-18(14-12-17)7-6-16-32-27-24-26-25-23(21-10-5-15-31-21)28(24)22-19(29-2)8-4-9-20(22)30-3/h4-5,8-15H,6-7,16H2,1-3H3,(H,26,27). The Morgan fingerprint density at radius 3 is 2.38 bits per heavy atom. The van der Waals surface area contributed by atoms with Crippen molar-refractivity contribution in [3.05, 3.63) is 72.0 Å². The maximum atomic E-state index is 5.62. The minimum atomic E-state index is 0.556. The Hall–Kier alpha value is -3.39. The van der Waals surface area contributed by atoms with Crippen LogP contribution in [0.1, 0.15) is 17.5 Å². The zero-order valence-electron chi connectivity index (χ0n) is 18.4. The first-order chi connectivity index (χ1) is 15.7. The zero-order valence-corrected chi connectivity index (χ0v) is 19.2. The number of methoxy groups -OCH3 is 2. The van der Waals surface area contributed by atoms with Gasteiger partial charge in [-0.2, -0.15) is 0 Å². The van der Waals surface area contributed by atoms with E-state index in [2.05, 4.69) is 46.1 Å². The Morgan fingerprint density at radius 2 is 1.72 bits per heavy atom. The van der Waals surface area contributed by atoms with Gasteiger partial charge >= 0.3 is 0 Å². The average Bonchev–Trinajstić information content (AvgIpc) is 3.49. The van der Waals surface area contributed by atoms with Crippen molar-refractivity contribution in [3.8, 4) is 28.8 Å². The molecule has 4 rings (SSSR count). The van der Waals surface area contributed by atoms with Gasteiger partial charge < -0.3 is 13.9 Å². The van der Waals surface area contributed by atoms with Crippen LogP contribution in [0.5, 0.6) is 11.5 Å². The summed E-state index contributed by atoms with van der Waals surface area (Å²) in [6, 6.07) is 18.0. The van der Waals surface area contributed by atoms with Crippen LogP contribution < -0.4 is 14.2 Å². The molecule has 166 valence electrons. The summed E-state index contributed by atoms with van der Waals surface area (Å²) in [5.41, 5.74) is 3.33. The normalized spacial score (nSPS) is 10.8. The fourth-order valence-electron chi connectivity index (χ4n) is 3.40. The van der Waals surface area contributed by atoms with E-state index in [4.69, 9.17) is 13.9 Å². The maximum Gasteiger partial charge on any atom is 0.239 e. The number of furan rings is 1. The van der Waals surface area contributed by atoms with Gasteiger partial charge in [-0.3, -0.25) is 9.29 Å². The van der Waals surface area contributed by atoms with E-state index in [9.17, 15) is 0 Å². The third kappa shape index (κ3) is 4.75. The molecule has 0 bridgehead atoms. The number of benzene rings is 2. The van der Waals surface area contributed by atoms with Crippen molar-refractivity contribution in [1.82, 2.24) is 14.8 Å². The first kappa shape index (κ1) is 21.8. The number of para-hydroxylation sites is 1. The van der Waals surface area contributed by atoms with Gasteiger partial charge in [-0.25, -0.2) is 0 Å². The minimum absolute atomic E-state index is 0.556. The Morgan fingerprint density at radius 1 is 0.969 bits per heavy atom. The molecular formula is C24H26N4O3S. The number of nitrogens with zero attached hydrogens (tertiary/aromatic N) is 3. The number of nitrogens with one attached hydrogen (secondary N) is 1. The molecule has 0 spiro atoms. The maximum absolute atomic E-state index is 5.62. The van der Waals surface area contributed by atoms with Crippen molar-refractivity contribution >= 4 is 17.9 Å². The smallest absolute Gasteiger partial charge is 0.239 e. The van der Waals surface area contributed by atoms with Crippen LogP contribution in [0.4, 0.5) is 5.95 Å². The summed E-state index contributed by atoms with van der Waals surface area (Å²) in [7, 11) is 3.25. The molecule has 32 heavy (non-hydrogen) atoms. The van der Waals surface area contributed by atoms with E-state index in [1.807, 2.05) is 34.9 Å². The lowest BCUT2D eigenvalue weighted by molar-refractivity contribution is 0.391. The Kier molecular flexibility index (Phi) is 7.01. The van der Waals surface area contributed by atoms with Gasteiger partial charge in [0.2, 0.25) is 11.8 Å². The van der Waals surface area contributed by atoms with E-state index in [1.165, 1.54) is 11.1 Å². The third-order valence-corrected chi connectivity index (χ3v) is 5.85. The third-order valence-electron chi connectivity index (χ3n) is 5.03. The molecule has 4 aromatic rings. The Balaban J connectivity index is 1.55. The van der Waals surface area contributed by atoms with Gasteiger partial charge in [0.05, 0.1) is 20.5 Å². The second kappa shape index (κ2) is 10.3. The number of anilines is 1. The molecule has 1 N–H and O–H groups in total. The van der Waals surface area contributed by atoms with Crippen LogP contribution in [0.2, 0.25) is 0 Å². The van der Waals surface area contributed by atoms with Gasteiger partial charge in [-0.1, -0.05) is 47.8 Å². The SMILES string of the molecule is COc1cccc(OC)c1-n1c(NSCCCc2ccc(C)cc2)nnc1-c1ccco1. The van der Waals surface area contributed by atoms with E-state index in [1.54, 1.807) is 32.4 Å². The molecule has 0 saturated heterocycles. The monoisotopic (exact) mass is 450 g/mol. The van der Waals surface area contributed by atoms with E-state index >= 15 is 0 Å². The summed E-state index contributed by atoms with van der Waals surface area (Å²) in [5.74, 6) is 3.93. The highest BCUT2D eigenvalue weighted by atomic mass is 32.2. The summed E-state index contributed by atoms with van der Waals surface area (Å²) in [6.07, 6.45) is 3.68. The zero-order chi connectivity index (χ0) is 22.3. The number of rotatable bonds is 10. The fourth-order valence-corrected chi connectivity index (χ4v) is 4.05. The quantitative estimate of drug-likeness (QED) is 0.251. The lowest BCUT2D eigenvalue weighted by atomic mass is 10.1. The van der Waals surface area contributed by atoms with Gasteiger partial charge in [0.15, 0.2) is 5.76 Å². The van der Waals surface area contributed by atoms with E-state index < -0.39 is 0 Å². The first-order valence-electron chi connectivity index (χ1n) is 10.3. The van der Waals surface area contributed by atoms with E-state index in [0.29, 0.717) is 34.7 Å². The first-order valence-corrected chi connectivity index (χ1v) is 11.3. The van der Waals surface area contributed by atoms with Crippen LogP contribution in [0, 0.1) is 6.92 Å². The lowest BCUT2D eigenvalue weighted by Gasteiger charge is -2.16. The fraction of sp³-hybridized carbons (Fsp3) is 0.250. The number of hydrogen-bond donors (Lipinski definition) is 1. The highest BCUT2D eigenvalue weighted by Crippen LogP contribution is 2.38. The highest BCUT2D eigenvalue weighted by Gasteiger charge is 2.23. The molecule has 0 aliphatic rings. The molecule has 0 aliphatic carbocycles. The Bertz CT molecular complexity index is 1120. The van der Waals surface area contributed by atoms with Gasteiger partial charge in [0, 0.05) is 5.75 Å². The van der Waals surface area contributed by atoms with Gasteiger partial charge in [-0.05, 0) is 49.6 Å². The topological polar surface area (TPSA) is 74.3 Å². The van der Waals surface area contributed by atoms with Crippen molar-refractivity contribution in [1.29, 1.82) is 0 Å². The molecule has 0 radical (unpaired) electrons. The van der Waals surface area contributed by atoms with Crippen molar-refractivity contribution in [2.24, 2.45) is 0 Å². The van der Waals surface area contributed by atoms with Crippen molar-refractivity contribution in [2.45, 2.75) is 19.8 Å². The van der Waals surface area contributed by atoms with Gasteiger partial charge in [-0.15, -0.1) is 10.2 Å². The van der Waals surface area contributed by atoms with Gasteiger partial charge in [0.1, 0.15) is 17.2 Å². The predicted molar refractivity (Wildman–Crippen MR) is 128 cm³/mol. The molecule has 2 aromatic heterocycles. The lowest BCUT2D eigenvalue weighted by Crippen LogP contribution is -2.06. The molecule has 0 saturated carbocycles. The van der Waals surface area contributed by atoms with E-state index in [-0.39, 0.29) is 0 Å². The molecule has 2 heterocycles. The highest BCUT2D eigenvalue weighted by molar-refractivity contribution is 8.00. The van der Waals surface area contributed by atoms with Crippen LogP contribution in [0.3, 0.4) is 0 Å². The largest absolute Gasteiger partial charge is 0.494 e. The molecule has 0 fully saturated rings. The summed E-state index contributed by atoms with van der Waals surface area (Å²) in [5, 5.41) is 8.75. The molecule has 0 amide bonds. The minimum Gasteiger partial charge on any atom is -0.494 e. The van der Waals surface area contributed by atoms with Crippen LogP contribution in [0.25, 0.3) is 17.3 Å². The van der Waals surface area contributed by atoms with Crippen molar-refractivity contribution < 1.29 is 13.9 Å². The summed E-state index contributed by atoms with van der Waals surface area (Å²) in [6.45, 7) is 2.10. The summed E-state index contributed by atoms with van der Waals surface area (Å²) >= 11 is 1.59. The van der Waals surface area contributed by atoms with Crippen LogP contribution in [-0.2, 0) is 6.42 Å². The molecule has 0 unspecified atom stereocenters. The molecule has 0 aliphatic heterocycles. The number of aryl methyl sites for hydroxylation is 2. The summed E-state index contributed by atoms with van der Waals surface area (Å²) in [4.78, 5) is 0. The van der Waals surface area contributed by atoms with Crippen LogP contribution in [-0.4, -0.2) is 34.7 Å². The molecular weight excluding hydrogens is 424 g/mol. The van der Waals surface area contributed by atoms with Crippen molar-refractivity contribution in [2.75, 3.05) is 24.7 Å². The Labute approximate surface area is 191 Å². The van der Waals surface area contributed by atoms with Crippen molar-refractivity contribution in [3.63, 3.8) is 0 Å². The van der Waals surface area contributed by atoms with Crippen LogP contribution in [0.15, 0.2) is 65.3 Å². The number of aromatic nitrogens is 3.